The quantitative estimate of drug-likeness (QED) is 0.430. The van der Waals surface area contributed by atoms with Gasteiger partial charge in [0.25, 0.3) is 0 Å². The van der Waals surface area contributed by atoms with Crippen LogP contribution in [-0.2, 0) is 28.5 Å². The van der Waals surface area contributed by atoms with Gasteiger partial charge in [0.1, 0.15) is 24.4 Å². The van der Waals surface area contributed by atoms with E-state index < -0.39 is 66.8 Å². The highest BCUT2D eigenvalue weighted by atomic mass is 16.8. The molecule has 0 amide bonds. The van der Waals surface area contributed by atoms with E-state index in [9.17, 15) is 20.1 Å². The number of aromatic hydroxyl groups is 1. The number of esters is 1. The maximum atomic E-state index is 13.4. The van der Waals surface area contributed by atoms with Crippen molar-refractivity contribution in [1.29, 1.82) is 0 Å². The molecule has 8 unspecified atom stereocenters. The van der Waals surface area contributed by atoms with Crippen molar-refractivity contribution in [2.24, 2.45) is 11.8 Å². The summed E-state index contributed by atoms with van der Waals surface area (Å²) in [6, 6.07) is 6.93. The van der Waals surface area contributed by atoms with Crippen molar-refractivity contribution >= 4 is 5.97 Å². The van der Waals surface area contributed by atoms with Crippen LogP contribution >= 0.6 is 0 Å². The third-order valence-electron chi connectivity index (χ3n) is 8.75. The van der Waals surface area contributed by atoms with E-state index in [0.29, 0.717) is 28.2 Å². The molecular weight excluding hydrogens is 556 g/mol. The molecule has 4 heterocycles. The molecule has 7 rings (SSSR count). The van der Waals surface area contributed by atoms with Gasteiger partial charge in [-0.1, -0.05) is 0 Å². The number of carbonyl (C=O) groups is 1. The van der Waals surface area contributed by atoms with Crippen molar-refractivity contribution in [3.8, 4) is 28.7 Å². The van der Waals surface area contributed by atoms with E-state index in [2.05, 4.69) is 0 Å². The van der Waals surface area contributed by atoms with Gasteiger partial charge in [0.2, 0.25) is 12.5 Å². The van der Waals surface area contributed by atoms with Crippen LogP contribution in [0.1, 0.15) is 35.6 Å². The van der Waals surface area contributed by atoms with E-state index in [-0.39, 0.29) is 37.3 Å². The Morgan fingerprint density at radius 3 is 2.26 bits per heavy atom. The molecule has 0 saturated carbocycles. The van der Waals surface area contributed by atoms with Crippen molar-refractivity contribution in [2.75, 3.05) is 34.2 Å². The Kier molecular flexibility index (Phi) is 6.83. The molecule has 3 saturated heterocycles. The largest absolute Gasteiger partial charge is 0.502 e. The predicted octanol–water partition coefficient (Wildman–Crippen LogP) is 1.34. The number of aliphatic hydroxyl groups is 2. The van der Waals surface area contributed by atoms with Crippen LogP contribution in [0.15, 0.2) is 24.3 Å². The smallest absolute Gasteiger partial charge is 0.310 e. The highest BCUT2D eigenvalue weighted by Crippen LogP contribution is 2.57. The van der Waals surface area contributed by atoms with E-state index >= 15 is 0 Å². The van der Waals surface area contributed by atoms with Gasteiger partial charge in [-0.25, -0.2) is 0 Å². The predicted molar refractivity (Wildman–Crippen MR) is 138 cm³/mol. The average molecular weight is 589 g/mol. The summed E-state index contributed by atoms with van der Waals surface area (Å²) in [5.74, 6) is -1.02. The first kappa shape index (κ1) is 27.5. The second kappa shape index (κ2) is 10.4. The van der Waals surface area contributed by atoms with Crippen molar-refractivity contribution in [3.63, 3.8) is 0 Å². The van der Waals surface area contributed by atoms with E-state index in [0.717, 1.165) is 0 Å². The maximum absolute atomic E-state index is 13.4. The van der Waals surface area contributed by atoms with Gasteiger partial charge >= 0.3 is 5.97 Å². The van der Waals surface area contributed by atoms with Crippen molar-refractivity contribution < 1.29 is 62.7 Å². The Bertz CT molecular complexity index is 1350. The molecule has 4 aliphatic heterocycles. The number of carbonyl (C=O) groups excluding carboxylic acids is 1. The standard InChI is InChI=1S/C29H32O13/c1-11-36-9-20-27(40-11)24(31)25(32)29(41-20)42-26-14-7-17-16(38-10-39-17)6-13(14)21(22-15(26)8-37-28(22)33)12-4-18(34-2)23(30)19(5-12)35-3/h4-7,11,15,20-22,24-27,29-32H,8-10H2,1-3H3/t11?,15?,20?,21-,22?,24?,25?,26-,27?,29?/m1/s1. The van der Waals surface area contributed by atoms with Crippen molar-refractivity contribution in [2.45, 2.75) is 55.9 Å². The molecule has 2 aromatic carbocycles. The molecular formula is C29H32O13. The number of phenols is 1. The SMILES string of the molecule is COc1cc([C@@H]2c3cc4c(cc3[C@@H](OC3OC5COC(C)OC5C(O)C3O)C3COC(=O)C32)OCO4)cc(OC)c1O. The lowest BCUT2D eigenvalue weighted by molar-refractivity contribution is -0.364. The van der Waals surface area contributed by atoms with E-state index in [1.165, 1.54) is 14.2 Å². The summed E-state index contributed by atoms with van der Waals surface area (Å²) in [6.07, 6.45) is -6.80. The molecule has 3 N–H and O–H groups in total. The monoisotopic (exact) mass is 588 g/mol. The minimum atomic E-state index is -1.44. The lowest BCUT2D eigenvalue weighted by Crippen LogP contribution is -2.63. The van der Waals surface area contributed by atoms with Gasteiger partial charge in [-0.05, 0) is 47.9 Å². The molecule has 42 heavy (non-hydrogen) atoms. The Labute approximate surface area is 240 Å². The highest BCUT2D eigenvalue weighted by molar-refractivity contribution is 5.79. The molecule has 0 radical (unpaired) electrons. The van der Waals surface area contributed by atoms with E-state index in [1.807, 2.05) is 0 Å². The molecule has 5 aliphatic rings. The van der Waals surface area contributed by atoms with Gasteiger partial charge in [-0.15, -0.1) is 0 Å². The first-order chi connectivity index (χ1) is 20.3. The third kappa shape index (κ3) is 4.26. The fourth-order valence-electron chi connectivity index (χ4n) is 6.74. The zero-order chi connectivity index (χ0) is 29.3. The second-order valence-corrected chi connectivity index (χ2v) is 11.0. The number of benzene rings is 2. The van der Waals surface area contributed by atoms with E-state index in [1.54, 1.807) is 31.2 Å². The summed E-state index contributed by atoms with van der Waals surface area (Å²) in [5.41, 5.74) is 2.01. The highest BCUT2D eigenvalue weighted by Gasteiger charge is 2.56. The summed E-state index contributed by atoms with van der Waals surface area (Å²) in [5, 5.41) is 32.5. The van der Waals surface area contributed by atoms with Crippen LogP contribution in [-0.4, -0.2) is 92.5 Å². The zero-order valence-corrected chi connectivity index (χ0v) is 23.1. The summed E-state index contributed by atoms with van der Waals surface area (Å²) >= 11 is 0. The molecule has 13 nitrogen and oxygen atoms in total. The van der Waals surface area contributed by atoms with Crippen molar-refractivity contribution in [1.82, 2.24) is 0 Å². The zero-order valence-electron chi connectivity index (χ0n) is 23.1. The number of fused-ring (bicyclic) bond motifs is 4. The lowest BCUT2D eigenvalue weighted by Gasteiger charge is -2.47. The van der Waals surface area contributed by atoms with Crippen molar-refractivity contribution in [3.05, 3.63) is 41.0 Å². The number of phenolic OH excluding ortho intramolecular Hbond substituents is 1. The summed E-state index contributed by atoms with van der Waals surface area (Å²) < 4.78 is 51.5. The molecule has 0 bridgehead atoms. The first-order valence-electron chi connectivity index (χ1n) is 13.8. The number of methoxy groups -OCH3 is 2. The maximum Gasteiger partial charge on any atom is 0.310 e. The number of ether oxygens (including phenoxy) is 9. The number of rotatable bonds is 5. The molecule has 0 aromatic heterocycles. The number of hydrogen-bond donors (Lipinski definition) is 3. The van der Waals surface area contributed by atoms with Crippen LogP contribution in [0.4, 0.5) is 0 Å². The van der Waals surface area contributed by atoms with Crippen LogP contribution < -0.4 is 18.9 Å². The average Bonchev–Trinajstić information content (AvgIpc) is 3.61. The Morgan fingerprint density at radius 2 is 1.57 bits per heavy atom. The van der Waals surface area contributed by atoms with Crippen LogP contribution in [0.5, 0.6) is 28.7 Å². The number of aliphatic hydroxyl groups excluding tert-OH is 2. The molecule has 1 aliphatic carbocycles. The van der Waals surface area contributed by atoms with Crippen LogP contribution in [0, 0.1) is 11.8 Å². The second-order valence-electron chi connectivity index (χ2n) is 11.0. The molecule has 10 atom stereocenters. The molecule has 13 heteroatoms. The lowest BCUT2D eigenvalue weighted by atomic mass is 9.66. The minimum Gasteiger partial charge on any atom is -0.502 e. The summed E-state index contributed by atoms with van der Waals surface area (Å²) in [6.45, 7) is 1.93. The Hall–Kier alpha value is -3.33. The van der Waals surface area contributed by atoms with Crippen LogP contribution in [0.3, 0.4) is 0 Å². The van der Waals surface area contributed by atoms with Gasteiger partial charge in [0, 0.05) is 11.8 Å². The van der Waals surface area contributed by atoms with Gasteiger partial charge in [0.15, 0.2) is 35.6 Å². The normalized spacial score (nSPS) is 36.5. The van der Waals surface area contributed by atoms with E-state index in [4.69, 9.17) is 42.6 Å². The van der Waals surface area contributed by atoms with Gasteiger partial charge in [-0.2, -0.15) is 0 Å². The molecule has 2 aromatic rings. The minimum absolute atomic E-state index is 0.0301. The summed E-state index contributed by atoms with van der Waals surface area (Å²) in [4.78, 5) is 13.4. The topological polar surface area (TPSA) is 161 Å². The first-order valence-corrected chi connectivity index (χ1v) is 13.8. The molecule has 0 spiro atoms. The number of hydrogen-bond acceptors (Lipinski definition) is 13. The van der Waals surface area contributed by atoms with Crippen LogP contribution in [0.2, 0.25) is 0 Å². The van der Waals surface area contributed by atoms with Gasteiger partial charge in [-0.3, -0.25) is 4.79 Å². The van der Waals surface area contributed by atoms with Gasteiger partial charge < -0.3 is 58.0 Å². The fourth-order valence-corrected chi connectivity index (χ4v) is 6.74. The van der Waals surface area contributed by atoms with Crippen LogP contribution in [0.25, 0.3) is 0 Å². The molecule has 3 fully saturated rings. The molecule has 226 valence electrons. The number of cyclic esters (lactones) is 1. The fraction of sp³-hybridized carbons (Fsp3) is 0.552. The Balaban J connectivity index is 1.32. The Morgan fingerprint density at radius 1 is 0.881 bits per heavy atom. The summed E-state index contributed by atoms with van der Waals surface area (Å²) in [7, 11) is 2.86. The van der Waals surface area contributed by atoms with Gasteiger partial charge in [0.05, 0.1) is 39.5 Å². The third-order valence-corrected chi connectivity index (χ3v) is 8.75.